The van der Waals surface area contributed by atoms with E-state index in [2.05, 4.69) is 12.2 Å². The molecule has 0 atom stereocenters. The standard InChI is InChI=1S/C46H48O12/c1-51-33-17-13-15-31(25-33)41-39(35-21-29(27-47)23-37(53-3)43(35)57-41)45(49)55-19-11-9-7-5-6-8-10-12-20-56-46(50)40-36-22-30(28-48)24-38(54-4)44(36)58-42(40)32-16-14-18-34(26-32)52-2/h5-6,13-18,21-26,47-48H,7-12,19-20,27-28H2,1-4H3/b6-5+. The number of aliphatic hydroxyl groups excluding tert-OH is 2. The first kappa shape index (κ1) is 41.4. The van der Waals surface area contributed by atoms with Crippen molar-refractivity contribution in [3.63, 3.8) is 0 Å². The number of furan rings is 2. The van der Waals surface area contributed by atoms with Gasteiger partial charge >= 0.3 is 11.9 Å². The molecule has 0 spiro atoms. The summed E-state index contributed by atoms with van der Waals surface area (Å²) in [7, 11) is 6.14. The number of methoxy groups -OCH3 is 4. The fraction of sp³-hybridized carbons (Fsp3) is 0.304. The van der Waals surface area contributed by atoms with Crippen molar-refractivity contribution in [2.45, 2.75) is 51.7 Å². The van der Waals surface area contributed by atoms with Gasteiger partial charge in [0.2, 0.25) is 0 Å². The topological polar surface area (TPSA) is 156 Å². The molecule has 58 heavy (non-hydrogen) atoms. The summed E-state index contributed by atoms with van der Waals surface area (Å²) in [6.45, 7) is -0.0276. The van der Waals surface area contributed by atoms with Gasteiger partial charge in [-0.3, -0.25) is 0 Å². The third-order valence-electron chi connectivity index (χ3n) is 9.67. The molecule has 2 aromatic heterocycles. The van der Waals surface area contributed by atoms with Gasteiger partial charge in [0.05, 0.1) is 54.9 Å². The van der Waals surface area contributed by atoms with Gasteiger partial charge in [0.15, 0.2) is 22.7 Å². The molecule has 0 saturated heterocycles. The van der Waals surface area contributed by atoms with Crippen LogP contribution in [-0.4, -0.2) is 63.8 Å². The average molecular weight is 793 g/mol. The summed E-state index contributed by atoms with van der Waals surface area (Å²) in [4.78, 5) is 27.1. The lowest BCUT2D eigenvalue weighted by atomic mass is 10.0. The van der Waals surface area contributed by atoms with E-state index >= 15 is 0 Å². The molecule has 0 amide bonds. The molecule has 304 valence electrons. The lowest BCUT2D eigenvalue weighted by Crippen LogP contribution is -2.07. The van der Waals surface area contributed by atoms with E-state index < -0.39 is 11.9 Å². The number of ether oxygens (including phenoxy) is 6. The van der Waals surface area contributed by atoms with Gasteiger partial charge in [-0.15, -0.1) is 0 Å². The highest BCUT2D eigenvalue weighted by Crippen LogP contribution is 2.42. The number of esters is 2. The zero-order chi connectivity index (χ0) is 41.0. The molecule has 2 N–H and O–H groups in total. The number of fused-ring (bicyclic) bond motifs is 2. The van der Waals surface area contributed by atoms with E-state index in [1.165, 1.54) is 14.2 Å². The summed E-state index contributed by atoms with van der Waals surface area (Å²) in [5.41, 5.74) is 3.72. The second-order valence-corrected chi connectivity index (χ2v) is 13.5. The Bertz CT molecular complexity index is 2220. The van der Waals surface area contributed by atoms with Gasteiger partial charge in [0.25, 0.3) is 0 Å². The van der Waals surface area contributed by atoms with Crippen LogP contribution in [0, 0.1) is 0 Å². The van der Waals surface area contributed by atoms with E-state index in [1.807, 2.05) is 24.3 Å². The zero-order valence-corrected chi connectivity index (χ0v) is 33.1. The van der Waals surface area contributed by atoms with Crippen molar-refractivity contribution in [2.75, 3.05) is 41.7 Å². The van der Waals surface area contributed by atoms with Gasteiger partial charge in [-0.05, 0) is 98.2 Å². The number of aliphatic hydroxyl groups is 2. The Balaban J connectivity index is 0.990. The van der Waals surface area contributed by atoms with Crippen LogP contribution in [-0.2, 0) is 22.7 Å². The quantitative estimate of drug-likeness (QED) is 0.0430. The monoisotopic (exact) mass is 792 g/mol. The SMILES string of the molecule is COc1cccc(-c2oc3c(OC)cc(CO)cc3c2C(=O)OCCCC/C=C/CCCCOC(=O)c2c(-c3cccc(OC)c3)oc3c(OC)cc(CO)cc23)c1. The number of rotatable bonds is 20. The Morgan fingerprint density at radius 3 is 1.38 bits per heavy atom. The Morgan fingerprint density at radius 2 is 1.00 bits per heavy atom. The first-order valence-corrected chi connectivity index (χ1v) is 19.1. The first-order valence-electron chi connectivity index (χ1n) is 19.1. The minimum atomic E-state index is -0.530. The van der Waals surface area contributed by atoms with Gasteiger partial charge < -0.3 is 47.5 Å². The van der Waals surface area contributed by atoms with Crippen LogP contribution in [0.3, 0.4) is 0 Å². The predicted molar refractivity (Wildman–Crippen MR) is 219 cm³/mol. The Kier molecular flexibility index (Phi) is 14.1. The first-order chi connectivity index (χ1) is 28.3. The smallest absolute Gasteiger partial charge is 0.342 e. The highest BCUT2D eigenvalue weighted by atomic mass is 16.5. The van der Waals surface area contributed by atoms with Crippen molar-refractivity contribution < 1.29 is 57.1 Å². The highest BCUT2D eigenvalue weighted by molar-refractivity contribution is 6.11. The van der Waals surface area contributed by atoms with E-state index in [-0.39, 0.29) is 37.6 Å². The number of benzene rings is 4. The van der Waals surface area contributed by atoms with Crippen LogP contribution in [0.1, 0.15) is 70.4 Å². The summed E-state index contributed by atoms with van der Waals surface area (Å²) in [5, 5.41) is 20.7. The molecular formula is C46H48O12. The molecule has 0 bridgehead atoms. The van der Waals surface area contributed by atoms with Crippen molar-refractivity contribution in [2.24, 2.45) is 0 Å². The van der Waals surface area contributed by atoms with Crippen LogP contribution < -0.4 is 18.9 Å². The maximum Gasteiger partial charge on any atom is 0.342 e. The molecule has 0 aliphatic carbocycles. The number of hydrogen-bond acceptors (Lipinski definition) is 12. The lowest BCUT2D eigenvalue weighted by Gasteiger charge is -2.07. The molecule has 0 aliphatic rings. The van der Waals surface area contributed by atoms with Crippen molar-refractivity contribution in [3.05, 3.63) is 107 Å². The predicted octanol–water partition coefficient (Wildman–Crippen LogP) is 9.44. The molecule has 6 aromatic rings. The molecular weight excluding hydrogens is 744 g/mol. The van der Waals surface area contributed by atoms with E-state index in [0.717, 1.165) is 25.7 Å². The van der Waals surface area contributed by atoms with Gasteiger partial charge in [-0.25, -0.2) is 9.59 Å². The Labute approximate surface area is 336 Å². The normalized spacial score (nSPS) is 11.3. The van der Waals surface area contributed by atoms with Crippen molar-refractivity contribution in [1.29, 1.82) is 0 Å². The van der Waals surface area contributed by atoms with Gasteiger partial charge in [0.1, 0.15) is 34.1 Å². The summed E-state index contributed by atoms with van der Waals surface area (Å²) in [5.74, 6) is 1.61. The molecule has 4 aromatic carbocycles. The van der Waals surface area contributed by atoms with E-state index in [0.29, 0.717) is 91.6 Å². The average Bonchev–Trinajstić information content (AvgIpc) is 3.85. The van der Waals surface area contributed by atoms with Crippen molar-refractivity contribution in [1.82, 2.24) is 0 Å². The molecule has 12 heteroatoms. The molecule has 12 nitrogen and oxygen atoms in total. The minimum absolute atomic E-state index is 0.221. The van der Waals surface area contributed by atoms with Crippen LogP contribution in [0.25, 0.3) is 44.6 Å². The lowest BCUT2D eigenvalue weighted by molar-refractivity contribution is 0.0491. The van der Waals surface area contributed by atoms with E-state index in [1.54, 1.807) is 62.8 Å². The van der Waals surface area contributed by atoms with E-state index in [4.69, 9.17) is 37.3 Å². The van der Waals surface area contributed by atoms with Crippen LogP contribution in [0.4, 0.5) is 0 Å². The molecule has 0 aliphatic heterocycles. The molecule has 0 radical (unpaired) electrons. The third kappa shape index (κ3) is 9.30. The largest absolute Gasteiger partial charge is 0.497 e. The zero-order valence-electron chi connectivity index (χ0n) is 33.1. The Morgan fingerprint density at radius 1 is 0.569 bits per heavy atom. The maximum absolute atomic E-state index is 13.6. The number of carbonyl (C=O) groups excluding carboxylic acids is 2. The molecule has 6 rings (SSSR count). The van der Waals surface area contributed by atoms with Gasteiger partial charge in [-0.2, -0.15) is 0 Å². The van der Waals surface area contributed by atoms with Crippen LogP contribution in [0.2, 0.25) is 0 Å². The van der Waals surface area contributed by atoms with Crippen LogP contribution >= 0.6 is 0 Å². The van der Waals surface area contributed by atoms with Crippen molar-refractivity contribution in [3.8, 4) is 45.6 Å². The summed E-state index contributed by atoms with van der Waals surface area (Å²) >= 11 is 0. The highest BCUT2D eigenvalue weighted by Gasteiger charge is 2.28. The van der Waals surface area contributed by atoms with Crippen molar-refractivity contribution >= 4 is 33.9 Å². The van der Waals surface area contributed by atoms with Crippen LogP contribution in [0.15, 0.2) is 93.8 Å². The minimum Gasteiger partial charge on any atom is -0.497 e. The molecule has 0 fully saturated rings. The van der Waals surface area contributed by atoms with Crippen LogP contribution in [0.5, 0.6) is 23.0 Å². The summed E-state index contributed by atoms with van der Waals surface area (Å²) in [6.07, 6.45) is 8.78. The maximum atomic E-state index is 13.6. The number of allylic oxidation sites excluding steroid dienone is 2. The number of hydrogen-bond donors (Lipinski definition) is 2. The Hall–Kier alpha value is -6.24. The molecule has 0 saturated carbocycles. The second-order valence-electron chi connectivity index (χ2n) is 13.5. The second kappa shape index (κ2) is 19.8. The van der Waals surface area contributed by atoms with Gasteiger partial charge in [0, 0.05) is 21.9 Å². The molecule has 2 heterocycles. The summed E-state index contributed by atoms with van der Waals surface area (Å²) < 4.78 is 45.7. The fourth-order valence-corrected chi connectivity index (χ4v) is 6.72. The third-order valence-corrected chi connectivity index (χ3v) is 9.67. The molecule has 0 unspecified atom stereocenters. The fourth-order valence-electron chi connectivity index (χ4n) is 6.72. The van der Waals surface area contributed by atoms with E-state index in [9.17, 15) is 19.8 Å². The summed E-state index contributed by atoms with van der Waals surface area (Å²) in [6, 6.07) is 21.2. The van der Waals surface area contributed by atoms with Gasteiger partial charge in [-0.1, -0.05) is 36.4 Å². The number of carbonyl (C=O) groups is 2. The number of unbranched alkanes of at least 4 members (excludes halogenated alkanes) is 4.